The summed E-state index contributed by atoms with van der Waals surface area (Å²) in [7, 11) is 0. The molecule has 6 heteroatoms. The van der Waals surface area contributed by atoms with Gasteiger partial charge in [0, 0.05) is 17.8 Å². The van der Waals surface area contributed by atoms with Crippen LogP contribution in [0.15, 0.2) is 54.9 Å². The second-order valence-corrected chi connectivity index (χ2v) is 4.54. The van der Waals surface area contributed by atoms with Crippen molar-refractivity contribution in [2.24, 2.45) is 0 Å². The van der Waals surface area contributed by atoms with Crippen LogP contribution < -0.4 is 5.32 Å². The summed E-state index contributed by atoms with van der Waals surface area (Å²) in [5, 5.41) is 13.0. The Bertz CT molecular complexity index is 858. The zero-order valence-electron chi connectivity index (χ0n) is 11.4. The Morgan fingerprint density at radius 1 is 0.955 bits per heavy atom. The zero-order valence-corrected chi connectivity index (χ0v) is 11.4. The number of carbonyl (C=O) groups is 2. The number of nitrogens with zero attached hydrogens (tertiary/aromatic N) is 2. The van der Waals surface area contributed by atoms with E-state index in [9.17, 15) is 14.7 Å². The molecular weight excluding hydrogens is 282 g/mol. The van der Waals surface area contributed by atoms with Gasteiger partial charge in [-0.2, -0.15) is 0 Å². The van der Waals surface area contributed by atoms with Gasteiger partial charge in [-0.15, -0.1) is 0 Å². The number of rotatable bonds is 3. The first-order valence-electron chi connectivity index (χ1n) is 6.50. The third-order valence-electron chi connectivity index (χ3n) is 3.14. The van der Waals surface area contributed by atoms with Gasteiger partial charge < -0.3 is 10.4 Å². The van der Waals surface area contributed by atoms with E-state index in [1.807, 2.05) is 0 Å². The smallest absolute Gasteiger partial charge is 0.355 e. The van der Waals surface area contributed by atoms with Crippen LogP contribution in [-0.2, 0) is 0 Å². The molecule has 0 fully saturated rings. The summed E-state index contributed by atoms with van der Waals surface area (Å²) in [6.45, 7) is 0. The number of aromatic carboxylic acids is 1. The van der Waals surface area contributed by atoms with Crippen LogP contribution in [0.5, 0.6) is 0 Å². The molecular formula is C16H11N3O3. The summed E-state index contributed by atoms with van der Waals surface area (Å²) in [5.41, 5.74) is 0.536. The number of hydrogen-bond donors (Lipinski definition) is 2. The van der Waals surface area contributed by atoms with E-state index in [-0.39, 0.29) is 11.4 Å². The second kappa shape index (κ2) is 5.61. The van der Waals surface area contributed by atoms with Crippen LogP contribution in [0, 0.1) is 0 Å². The summed E-state index contributed by atoms with van der Waals surface area (Å²) < 4.78 is 0. The predicted octanol–water partition coefficient (Wildman–Crippen LogP) is 2.58. The summed E-state index contributed by atoms with van der Waals surface area (Å²) in [4.78, 5) is 31.4. The number of pyridine rings is 2. The maximum absolute atomic E-state index is 12.2. The van der Waals surface area contributed by atoms with Crippen molar-refractivity contribution in [1.29, 1.82) is 0 Å². The molecule has 0 unspecified atom stereocenters. The minimum Gasteiger partial charge on any atom is -0.476 e. The SMILES string of the molecule is O=C(Nc1cccc2ccnc(C(=O)O)c12)c1ccccn1. The number of benzene rings is 1. The number of hydrogen-bond acceptors (Lipinski definition) is 4. The Labute approximate surface area is 125 Å². The second-order valence-electron chi connectivity index (χ2n) is 4.54. The Hall–Kier alpha value is -3.28. The standard InChI is InChI=1S/C16H11N3O3/c20-15(12-5-1-2-8-17-12)19-11-6-3-4-10-7-9-18-14(13(10)11)16(21)22/h1-9H,(H,19,20)(H,21,22). The number of anilines is 1. The molecule has 3 aromatic rings. The molecule has 22 heavy (non-hydrogen) atoms. The largest absolute Gasteiger partial charge is 0.476 e. The molecule has 0 spiro atoms. The summed E-state index contributed by atoms with van der Waals surface area (Å²) >= 11 is 0. The van der Waals surface area contributed by atoms with E-state index >= 15 is 0 Å². The van der Waals surface area contributed by atoms with Crippen LogP contribution in [0.25, 0.3) is 10.8 Å². The molecule has 0 aliphatic rings. The predicted molar refractivity (Wildman–Crippen MR) is 80.9 cm³/mol. The minimum atomic E-state index is -1.15. The van der Waals surface area contributed by atoms with Crippen molar-refractivity contribution in [3.63, 3.8) is 0 Å². The molecule has 1 amide bonds. The Balaban J connectivity index is 2.08. The van der Waals surface area contributed by atoms with E-state index in [2.05, 4.69) is 15.3 Å². The van der Waals surface area contributed by atoms with Crippen molar-refractivity contribution < 1.29 is 14.7 Å². The van der Waals surface area contributed by atoms with Crippen molar-refractivity contribution in [3.8, 4) is 0 Å². The lowest BCUT2D eigenvalue weighted by Gasteiger charge is -2.10. The summed E-state index contributed by atoms with van der Waals surface area (Å²) in [5.74, 6) is -1.56. The number of carboxylic acids is 1. The van der Waals surface area contributed by atoms with Gasteiger partial charge in [-0.25, -0.2) is 9.78 Å². The van der Waals surface area contributed by atoms with Crippen LogP contribution in [-0.4, -0.2) is 27.0 Å². The van der Waals surface area contributed by atoms with Gasteiger partial charge in [-0.05, 0) is 29.7 Å². The molecule has 2 N–H and O–H groups in total. The van der Waals surface area contributed by atoms with Gasteiger partial charge in [0.15, 0.2) is 5.69 Å². The molecule has 3 rings (SSSR count). The zero-order chi connectivity index (χ0) is 15.5. The van der Waals surface area contributed by atoms with Gasteiger partial charge in [-0.1, -0.05) is 18.2 Å². The highest BCUT2D eigenvalue weighted by Gasteiger charge is 2.15. The van der Waals surface area contributed by atoms with Gasteiger partial charge >= 0.3 is 5.97 Å². The van der Waals surface area contributed by atoms with Crippen LogP contribution in [0.3, 0.4) is 0 Å². The molecule has 2 aromatic heterocycles. The van der Waals surface area contributed by atoms with Gasteiger partial charge in [-0.3, -0.25) is 9.78 Å². The van der Waals surface area contributed by atoms with Crippen LogP contribution in [0.1, 0.15) is 21.0 Å². The molecule has 0 saturated carbocycles. The highest BCUT2D eigenvalue weighted by molar-refractivity contribution is 6.13. The van der Waals surface area contributed by atoms with E-state index in [0.717, 1.165) is 0 Å². The van der Waals surface area contributed by atoms with E-state index in [4.69, 9.17) is 0 Å². The summed E-state index contributed by atoms with van der Waals surface area (Å²) in [6, 6.07) is 11.8. The van der Waals surface area contributed by atoms with Gasteiger partial charge in [0.05, 0.1) is 5.69 Å². The number of nitrogens with one attached hydrogen (secondary N) is 1. The van der Waals surface area contributed by atoms with E-state index in [0.29, 0.717) is 16.5 Å². The van der Waals surface area contributed by atoms with E-state index in [1.54, 1.807) is 42.5 Å². The third kappa shape index (κ3) is 2.49. The average Bonchev–Trinajstić information content (AvgIpc) is 2.55. The fourth-order valence-electron chi connectivity index (χ4n) is 2.18. The molecule has 0 bridgehead atoms. The first kappa shape index (κ1) is 13.7. The molecule has 1 aromatic carbocycles. The van der Waals surface area contributed by atoms with Gasteiger partial charge in [0.25, 0.3) is 5.91 Å². The molecule has 0 saturated heterocycles. The Kier molecular flexibility index (Phi) is 3.49. The molecule has 108 valence electrons. The van der Waals surface area contributed by atoms with Crippen molar-refractivity contribution in [2.75, 3.05) is 5.32 Å². The van der Waals surface area contributed by atoms with E-state index in [1.165, 1.54) is 12.4 Å². The van der Waals surface area contributed by atoms with Crippen LogP contribution >= 0.6 is 0 Å². The molecule has 0 atom stereocenters. The number of carbonyl (C=O) groups excluding carboxylic acids is 1. The Morgan fingerprint density at radius 3 is 2.55 bits per heavy atom. The van der Waals surface area contributed by atoms with Gasteiger partial charge in [0.1, 0.15) is 5.69 Å². The minimum absolute atomic E-state index is 0.102. The van der Waals surface area contributed by atoms with Crippen molar-refractivity contribution in [1.82, 2.24) is 9.97 Å². The fraction of sp³-hybridized carbons (Fsp3) is 0. The lowest BCUT2D eigenvalue weighted by atomic mass is 10.1. The average molecular weight is 293 g/mol. The molecule has 0 aliphatic carbocycles. The highest BCUT2D eigenvalue weighted by atomic mass is 16.4. The van der Waals surface area contributed by atoms with E-state index < -0.39 is 11.9 Å². The maximum atomic E-state index is 12.2. The van der Waals surface area contributed by atoms with Crippen molar-refractivity contribution in [3.05, 3.63) is 66.2 Å². The first-order valence-corrected chi connectivity index (χ1v) is 6.50. The molecule has 2 heterocycles. The highest BCUT2D eigenvalue weighted by Crippen LogP contribution is 2.26. The fourth-order valence-corrected chi connectivity index (χ4v) is 2.18. The Morgan fingerprint density at radius 2 is 1.82 bits per heavy atom. The van der Waals surface area contributed by atoms with Crippen molar-refractivity contribution >= 4 is 28.3 Å². The van der Waals surface area contributed by atoms with Gasteiger partial charge in [0.2, 0.25) is 0 Å². The van der Waals surface area contributed by atoms with Crippen LogP contribution in [0.2, 0.25) is 0 Å². The van der Waals surface area contributed by atoms with Crippen LogP contribution in [0.4, 0.5) is 5.69 Å². The summed E-state index contributed by atoms with van der Waals surface area (Å²) in [6.07, 6.45) is 2.94. The third-order valence-corrected chi connectivity index (χ3v) is 3.14. The first-order chi connectivity index (χ1) is 10.7. The molecule has 0 radical (unpaired) electrons. The monoisotopic (exact) mass is 293 g/mol. The quantitative estimate of drug-likeness (QED) is 0.774. The lowest BCUT2D eigenvalue weighted by molar-refractivity contribution is 0.0692. The number of aromatic nitrogens is 2. The van der Waals surface area contributed by atoms with Crippen molar-refractivity contribution in [2.45, 2.75) is 0 Å². The topological polar surface area (TPSA) is 92.2 Å². The maximum Gasteiger partial charge on any atom is 0.355 e. The number of fused-ring (bicyclic) bond motifs is 1. The normalized spacial score (nSPS) is 10.4. The lowest BCUT2D eigenvalue weighted by Crippen LogP contribution is -2.14. The molecule has 0 aliphatic heterocycles. The number of carboxylic acid groups (broad SMARTS) is 1. The molecule has 6 nitrogen and oxygen atoms in total. The number of amides is 1.